The molecule has 0 atom stereocenters. The summed E-state index contributed by atoms with van der Waals surface area (Å²) in [6, 6.07) is 21.3. The fourth-order valence-corrected chi connectivity index (χ4v) is 3.42. The zero-order valence-electron chi connectivity index (χ0n) is 19.6. The van der Waals surface area contributed by atoms with E-state index in [0.29, 0.717) is 47.4 Å². The van der Waals surface area contributed by atoms with Gasteiger partial charge in [-0.2, -0.15) is 5.26 Å². The van der Waals surface area contributed by atoms with Gasteiger partial charge in [-0.1, -0.05) is 42.5 Å². The van der Waals surface area contributed by atoms with Crippen LogP contribution in [0.5, 0.6) is 0 Å². The number of nitrogens with one attached hydrogen (secondary N) is 3. The molecular weight excluding hydrogens is 472 g/mol. The summed E-state index contributed by atoms with van der Waals surface area (Å²) in [4.78, 5) is 35.8. The van der Waals surface area contributed by atoms with Gasteiger partial charge in [-0.15, -0.1) is 0 Å². The Kier molecular flexibility index (Phi) is 7.93. The molecule has 0 spiro atoms. The molecule has 2 heterocycles. The number of pyridine rings is 1. The van der Waals surface area contributed by atoms with Gasteiger partial charge < -0.3 is 16.0 Å². The van der Waals surface area contributed by atoms with Crippen LogP contribution >= 0.6 is 0 Å². The third-order valence-electron chi connectivity index (χ3n) is 5.23. The summed E-state index contributed by atoms with van der Waals surface area (Å²) in [5.41, 5.74) is 2.99. The van der Waals surface area contributed by atoms with Gasteiger partial charge in [0.15, 0.2) is 0 Å². The highest BCUT2D eigenvalue weighted by molar-refractivity contribution is 5.95. The van der Waals surface area contributed by atoms with Crippen LogP contribution in [0.25, 0.3) is 11.3 Å². The number of rotatable bonds is 10. The molecular formula is C26H22N8O3. The third-order valence-corrected chi connectivity index (χ3v) is 5.23. The maximum atomic E-state index is 12.7. The molecule has 0 radical (unpaired) electrons. The van der Waals surface area contributed by atoms with Crippen LogP contribution in [0.4, 0.5) is 23.1 Å². The van der Waals surface area contributed by atoms with E-state index in [1.807, 2.05) is 30.3 Å². The van der Waals surface area contributed by atoms with Crippen LogP contribution in [0.1, 0.15) is 11.1 Å². The van der Waals surface area contributed by atoms with Gasteiger partial charge in [0.05, 0.1) is 40.6 Å². The Morgan fingerprint density at radius 3 is 2.38 bits per heavy atom. The summed E-state index contributed by atoms with van der Waals surface area (Å²) in [6.45, 7) is 0.890. The highest BCUT2D eigenvalue weighted by atomic mass is 16.6. The predicted octanol–water partition coefficient (Wildman–Crippen LogP) is 4.02. The quantitative estimate of drug-likeness (QED) is 0.168. The fraction of sp³-hybridized carbons (Fsp3) is 0.115. The van der Waals surface area contributed by atoms with Gasteiger partial charge in [-0.05, 0) is 23.8 Å². The first-order chi connectivity index (χ1) is 18.0. The molecule has 11 heteroatoms. The van der Waals surface area contributed by atoms with Gasteiger partial charge in [-0.25, -0.2) is 15.0 Å². The van der Waals surface area contributed by atoms with Crippen molar-refractivity contribution in [3.05, 3.63) is 100 Å². The standard InChI is InChI=1S/C26H22N8O3/c27-15-19-6-8-20(9-7-19)25-22(32-24(35)14-18-4-2-1-3-5-18)17-31-26(33-25)29-13-12-28-23-11-10-21(16-30-23)34(36)37/h1-11,16-17H,12-14H2,(H,28,30)(H,32,35)(H,29,31,33). The van der Waals surface area contributed by atoms with Crippen molar-refractivity contribution in [3.63, 3.8) is 0 Å². The first-order valence-electron chi connectivity index (χ1n) is 11.3. The highest BCUT2D eigenvalue weighted by Crippen LogP contribution is 2.27. The van der Waals surface area contributed by atoms with E-state index in [0.717, 1.165) is 5.56 Å². The van der Waals surface area contributed by atoms with Crippen LogP contribution in [0.3, 0.4) is 0 Å². The monoisotopic (exact) mass is 494 g/mol. The van der Waals surface area contributed by atoms with Gasteiger partial charge >= 0.3 is 0 Å². The molecule has 0 aliphatic rings. The number of nitro groups is 1. The van der Waals surface area contributed by atoms with Gasteiger partial charge in [0.2, 0.25) is 11.9 Å². The number of benzene rings is 2. The lowest BCUT2D eigenvalue weighted by atomic mass is 10.1. The Morgan fingerprint density at radius 1 is 0.946 bits per heavy atom. The zero-order valence-corrected chi connectivity index (χ0v) is 19.6. The van der Waals surface area contributed by atoms with Crippen molar-refractivity contribution in [2.45, 2.75) is 6.42 Å². The minimum absolute atomic E-state index is 0.0802. The Morgan fingerprint density at radius 2 is 1.70 bits per heavy atom. The molecule has 2 aromatic heterocycles. The second-order valence-corrected chi connectivity index (χ2v) is 7.87. The Labute approximate surface area is 212 Å². The first kappa shape index (κ1) is 24.7. The van der Waals surface area contributed by atoms with E-state index < -0.39 is 4.92 Å². The van der Waals surface area contributed by atoms with Gasteiger partial charge in [-0.3, -0.25) is 14.9 Å². The van der Waals surface area contributed by atoms with E-state index >= 15 is 0 Å². The largest absolute Gasteiger partial charge is 0.368 e. The third kappa shape index (κ3) is 6.83. The second kappa shape index (κ2) is 11.9. The Balaban J connectivity index is 1.45. The predicted molar refractivity (Wildman–Crippen MR) is 139 cm³/mol. The maximum Gasteiger partial charge on any atom is 0.287 e. The number of anilines is 3. The van der Waals surface area contributed by atoms with Crippen molar-refractivity contribution in [1.29, 1.82) is 5.26 Å². The van der Waals surface area contributed by atoms with Crippen LogP contribution in [0.15, 0.2) is 79.1 Å². The second-order valence-electron chi connectivity index (χ2n) is 7.87. The molecule has 11 nitrogen and oxygen atoms in total. The molecule has 37 heavy (non-hydrogen) atoms. The molecule has 184 valence electrons. The molecule has 3 N–H and O–H groups in total. The van der Waals surface area contributed by atoms with Crippen LogP contribution < -0.4 is 16.0 Å². The van der Waals surface area contributed by atoms with E-state index in [-0.39, 0.29) is 18.0 Å². The van der Waals surface area contributed by atoms with Crippen molar-refractivity contribution < 1.29 is 9.72 Å². The SMILES string of the molecule is N#Cc1ccc(-c2nc(NCCNc3ccc([N+](=O)[O-])cn3)ncc2NC(=O)Cc2ccccc2)cc1. The number of nitrogens with zero attached hydrogens (tertiary/aromatic N) is 5. The van der Waals surface area contributed by atoms with E-state index in [1.165, 1.54) is 24.5 Å². The van der Waals surface area contributed by atoms with E-state index in [9.17, 15) is 14.9 Å². The summed E-state index contributed by atoms with van der Waals surface area (Å²) >= 11 is 0. The summed E-state index contributed by atoms with van der Waals surface area (Å²) in [6.07, 6.45) is 2.93. The molecule has 2 aromatic carbocycles. The normalized spacial score (nSPS) is 10.2. The summed E-state index contributed by atoms with van der Waals surface area (Å²) < 4.78 is 0. The first-order valence-corrected chi connectivity index (χ1v) is 11.3. The van der Waals surface area contributed by atoms with Crippen LogP contribution in [0, 0.1) is 21.4 Å². The topological polar surface area (TPSA) is 159 Å². The zero-order chi connectivity index (χ0) is 26.0. The van der Waals surface area contributed by atoms with Crippen LogP contribution in [-0.2, 0) is 11.2 Å². The van der Waals surface area contributed by atoms with Gasteiger partial charge in [0.1, 0.15) is 12.0 Å². The number of carbonyl (C=O) groups excluding carboxylic acids is 1. The smallest absolute Gasteiger partial charge is 0.287 e. The van der Waals surface area contributed by atoms with E-state index in [2.05, 4.69) is 37.0 Å². The van der Waals surface area contributed by atoms with E-state index in [4.69, 9.17) is 5.26 Å². The summed E-state index contributed by atoms with van der Waals surface area (Å²) in [7, 11) is 0. The minimum Gasteiger partial charge on any atom is -0.368 e. The van der Waals surface area contributed by atoms with Crippen LogP contribution in [-0.4, -0.2) is 38.9 Å². The van der Waals surface area contributed by atoms with Gasteiger partial charge in [0.25, 0.3) is 5.69 Å². The molecule has 0 bridgehead atoms. The molecule has 0 fully saturated rings. The van der Waals surface area contributed by atoms with Crippen molar-refractivity contribution >= 4 is 29.0 Å². The summed E-state index contributed by atoms with van der Waals surface area (Å²) in [5.74, 6) is 0.646. The maximum absolute atomic E-state index is 12.7. The molecule has 0 aliphatic heterocycles. The van der Waals surface area contributed by atoms with Crippen molar-refractivity contribution in [2.75, 3.05) is 29.0 Å². The number of carbonyl (C=O) groups is 1. The van der Waals surface area contributed by atoms with E-state index in [1.54, 1.807) is 24.3 Å². The highest BCUT2D eigenvalue weighted by Gasteiger charge is 2.13. The fourth-order valence-electron chi connectivity index (χ4n) is 3.42. The molecule has 4 rings (SSSR count). The number of hydrogen-bond acceptors (Lipinski definition) is 9. The molecule has 1 amide bonds. The molecule has 0 unspecified atom stereocenters. The molecule has 4 aromatic rings. The average molecular weight is 495 g/mol. The number of hydrogen-bond donors (Lipinski definition) is 3. The molecule has 0 aliphatic carbocycles. The average Bonchev–Trinajstić information content (AvgIpc) is 2.92. The van der Waals surface area contributed by atoms with Crippen molar-refractivity contribution in [2.24, 2.45) is 0 Å². The Bertz CT molecular complexity index is 1420. The van der Waals surface area contributed by atoms with Crippen molar-refractivity contribution in [1.82, 2.24) is 15.0 Å². The lowest BCUT2D eigenvalue weighted by molar-refractivity contribution is -0.385. The lowest BCUT2D eigenvalue weighted by Crippen LogP contribution is -2.18. The lowest BCUT2D eigenvalue weighted by Gasteiger charge is -2.13. The van der Waals surface area contributed by atoms with Gasteiger partial charge in [0, 0.05) is 24.7 Å². The number of amides is 1. The van der Waals surface area contributed by atoms with Crippen LogP contribution in [0.2, 0.25) is 0 Å². The minimum atomic E-state index is -0.505. The van der Waals surface area contributed by atoms with Crippen molar-refractivity contribution in [3.8, 4) is 17.3 Å². The number of aromatic nitrogens is 3. The molecule has 0 saturated carbocycles. The molecule has 0 saturated heterocycles. The summed E-state index contributed by atoms with van der Waals surface area (Å²) in [5, 5.41) is 28.9. The Hall–Kier alpha value is -5.37. The number of nitriles is 1.